The van der Waals surface area contributed by atoms with Crippen LogP contribution in [-0.2, 0) is 11.3 Å². The molecule has 1 amide bonds. The number of para-hydroxylation sites is 2. The van der Waals surface area contributed by atoms with Crippen LogP contribution in [0.1, 0.15) is 17.0 Å². The van der Waals surface area contributed by atoms with Crippen molar-refractivity contribution in [3.63, 3.8) is 0 Å². The van der Waals surface area contributed by atoms with E-state index in [1.54, 1.807) is 24.3 Å². The van der Waals surface area contributed by atoms with E-state index in [1.807, 2.05) is 54.6 Å². The van der Waals surface area contributed by atoms with Crippen molar-refractivity contribution in [1.82, 2.24) is 15.3 Å². The van der Waals surface area contributed by atoms with E-state index in [4.69, 9.17) is 23.2 Å². The van der Waals surface area contributed by atoms with Crippen LogP contribution in [0.3, 0.4) is 0 Å². The number of rotatable bonds is 5. The molecule has 4 nitrogen and oxygen atoms in total. The number of hydrogen-bond acceptors (Lipinski definition) is 2. The van der Waals surface area contributed by atoms with Gasteiger partial charge >= 0.3 is 0 Å². The SMILES string of the molecule is O=C(NCc1ccccc1)/C(=C/c1ccc(Cl)cc1Cl)c1nc2ccccc2[nH]1. The van der Waals surface area contributed by atoms with Gasteiger partial charge in [-0.25, -0.2) is 4.98 Å². The number of nitrogens with one attached hydrogen (secondary N) is 2. The van der Waals surface area contributed by atoms with E-state index in [0.29, 0.717) is 33.6 Å². The second kappa shape index (κ2) is 8.52. The van der Waals surface area contributed by atoms with Crippen molar-refractivity contribution in [2.75, 3.05) is 0 Å². The molecule has 2 N–H and O–H groups in total. The van der Waals surface area contributed by atoms with Crippen LogP contribution in [0.2, 0.25) is 10.0 Å². The number of carbonyl (C=O) groups is 1. The molecule has 6 heteroatoms. The predicted molar refractivity (Wildman–Crippen MR) is 119 cm³/mol. The fraction of sp³-hybridized carbons (Fsp3) is 0.0435. The second-order valence-electron chi connectivity index (χ2n) is 6.49. The third kappa shape index (κ3) is 4.50. The van der Waals surface area contributed by atoms with Crippen LogP contribution in [0.25, 0.3) is 22.7 Å². The zero-order valence-corrected chi connectivity index (χ0v) is 16.8. The minimum Gasteiger partial charge on any atom is -0.348 e. The van der Waals surface area contributed by atoms with Crippen molar-refractivity contribution in [3.05, 3.63) is 99.8 Å². The lowest BCUT2D eigenvalue weighted by Crippen LogP contribution is -2.24. The molecule has 0 unspecified atom stereocenters. The monoisotopic (exact) mass is 421 g/mol. The second-order valence-corrected chi connectivity index (χ2v) is 7.34. The van der Waals surface area contributed by atoms with Gasteiger partial charge in [0.2, 0.25) is 0 Å². The largest absolute Gasteiger partial charge is 0.348 e. The maximum atomic E-state index is 13.1. The summed E-state index contributed by atoms with van der Waals surface area (Å²) in [5, 5.41) is 3.95. The third-order valence-corrected chi connectivity index (χ3v) is 5.01. The molecule has 0 saturated carbocycles. The van der Waals surface area contributed by atoms with Crippen LogP contribution >= 0.6 is 23.2 Å². The smallest absolute Gasteiger partial charge is 0.255 e. The number of amides is 1. The summed E-state index contributed by atoms with van der Waals surface area (Å²) in [5.41, 5.74) is 3.72. The Hall–Kier alpha value is -3.08. The first-order chi connectivity index (χ1) is 14.1. The number of nitrogens with zero attached hydrogens (tertiary/aromatic N) is 1. The van der Waals surface area contributed by atoms with Gasteiger partial charge < -0.3 is 10.3 Å². The first-order valence-corrected chi connectivity index (χ1v) is 9.80. The lowest BCUT2D eigenvalue weighted by atomic mass is 10.1. The summed E-state index contributed by atoms with van der Waals surface area (Å²) in [5.74, 6) is 0.224. The summed E-state index contributed by atoms with van der Waals surface area (Å²) in [7, 11) is 0. The number of fused-ring (bicyclic) bond motifs is 1. The lowest BCUT2D eigenvalue weighted by molar-refractivity contribution is -0.115. The summed E-state index contributed by atoms with van der Waals surface area (Å²) >= 11 is 12.3. The topological polar surface area (TPSA) is 57.8 Å². The Balaban J connectivity index is 1.71. The average Bonchev–Trinajstić information content (AvgIpc) is 3.16. The highest BCUT2D eigenvalue weighted by molar-refractivity contribution is 6.36. The van der Waals surface area contributed by atoms with Crippen molar-refractivity contribution < 1.29 is 4.79 Å². The lowest BCUT2D eigenvalue weighted by Gasteiger charge is -2.08. The number of benzene rings is 3. The number of halogens is 2. The Morgan fingerprint density at radius 1 is 1.00 bits per heavy atom. The average molecular weight is 422 g/mol. The highest BCUT2D eigenvalue weighted by Gasteiger charge is 2.17. The summed E-state index contributed by atoms with van der Waals surface area (Å²) in [6.45, 7) is 0.408. The molecule has 144 valence electrons. The quantitative estimate of drug-likeness (QED) is 0.404. The first kappa shape index (κ1) is 19.2. The zero-order valence-electron chi connectivity index (χ0n) is 15.3. The molecule has 0 saturated heterocycles. The normalized spacial score (nSPS) is 11.6. The van der Waals surface area contributed by atoms with E-state index < -0.39 is 0 Å². The molecule has 0 bridgehead atoms. The number of imidazole rings is 1. The van der Waals surface area contributed by atoms with Gasteiger partial charge in [0.05, 0.1) is 16.6 Å². The summed E-state index contributed by atoms with van der Waals surface area (Å²) in [6, 6.07) is 22.5. The number of H-pyrrole nitrogens is 1. The highest BCUT2D eigenvalue weighted by atomic mass is 35.5. The van der Waals surface area contributed by atoms with Gasteiger partial charge in [0.15, 0.2) is 0 Å². The number of hydrogen-bond donors (Lipinski definition) is 2. The van der Waals surface area contributed by atoms with Gasteiger partial charge in [-0.2, -0.15) is 0 Å². The highest BCUT2D eigenvalue weighted by Crippen LogP contribution is 2.26. The van der Waals surface area contributed by atoms with Gasteiger partial charge in [0.1, 0.15) is 5.82 Å². The Bertz CT molecular complexity index is 1170. The molecule has 0 fully saturated rings. The molecule has 0 radical (unpaired) electrons. The molecule has 4 aromatic rings. The third-order valence-electron chi connectivity index (χ3n) is 4.45. The van der Waals surface area contributed by atoms with Crippen LogP contribution in [0, 0.1) is 0 Å². The molecule has 1 heterocycles. The molecule has 0 spiro atoms. The van der Waals surface area contributed by atoms with Crippen LogP contribution in [0.5, 0.6) is 0 Å². The summed E-state index contributed by atoms with van der Waals surface area (Å²) in [4.78, 5) is 20.9. The minimum atomic E-state index is -0.251. The molecular weight excluding hydrogens is 405 g/mol. The van der Waals surface area contributed by atoms with Crippen LogP contribution in [-0.4, -0.2) is 15.9 Å². The summed E-state index contributed by atoms with van der Waals surface area (Å²) < 4.78 is 0. The molecular formula is C23H17Cl2N3O. The Morgan fingerprint density at radius 3 is 2.52 bits per heavy atom. The van der Waals surface area contributed by atoms with E-state index in [-0.39, 0.29) is 5.91 Å². The number of carbonyl (C=O) groups excluding carboxylic acids is 1. The van der Waals surface area contributed by atoms with Crippen molar-refractivity contribution in [2.24, 2.45) is 0 Å². The first-order valence-electron chi connectivity index (χ1n) is 9.04. The molecule has 0 aliphatic heterocycles. The van der Waals surface area contributed by atoms with Gasteiger partial charge in [-0.1, -0.05) is 71.7 Å². The molecule has 4 rings (SSSR count). The molecule has 0 aliphatic carbocycles. The molecule has 29 heavy (non-hydrogen) atoms. The van der Waals surface area contributed by atoms with Crippen molar-refractivity contribution >= 4 is 51.8 Å². The van der Waals surface area contributed by atoms with Crippen molar-refractivity contribution in [2.45, 2.75) is 6.54 Å². The number of aromatic nitrogens is 2. The van der Waals surface area contributed by atoms with Crippen LogP contribution < -0.4 is 5.32 Å². The van der Waals surface area contributed by atoms with Gasteiger partial charge in [-0.3, -0.25) is 4.79 Å². The maximum Gasteiger partial charge on any atom is 0.255 e. The predicted octanol–water partition coefficient (Wildman–Crippen LogP) is 5.73. The standard InChI is InChI=1S/C23H17Cl2N3O/c24-17-11-10-16(19(25)13-17)12-18(22-27-20-8-4-5-9-21(20)28-22)23(29)26-14-15-6-2-1-3-7-15/h1-13H,14H2,(H,26,29)(H,27,28)/b18-12+. The zero-order chi connectivity index (χ0) is 20.2. The van der Waals surface area contributed by atoms with E-state index in [9.17, 15) is 4.79 Å². The minimum absolute atomic E-state index is 0.251. The van der Waals surface area contributed by atoms with E-state index in [0.717, 1.165) is 16.6 Å². The van der Waals surface area contributed by atoms with E-state index in [1.165, 1.54) is 0 Å². The maximum absolute atomic E-state index is 13.1. The van der Waals surface area contributed by atoms with E-state index in [2.05, 4.69) is 15.3 Å². The van der Waals surface area contributed by atoms with Crippen molar-refractivity contribution in [3.8, 4) is 0 Å². The molecule has 3 aromatic carbocycles. The van der Waals surface area contributed by atoms with Crippen LogP contribution in [0.4, 0.5) is 0 Å². The Morgan fingerprint density at radius 2 is 1.76 bits per heavy atom. The van der Waals surface area contributed by atoms with Gasteiger partial charge in [0, 0.05) is 16.6 Å². The molecule has 1 aromatic heterocycles. The molecule has 0 atom stereocenters. The van der Waals surface area contributed by atoms with Crippen molar-refractivity contribution in [1.29, 1.82) is 0 Å². The van der Waals surface area contributed by atoms with Crippen LogP contribution in [0.15, 0.2) is 72.8 Å². The van der Waals surface area contributed by atoms with Gasteiger partial charge in [0.25, 0.3) is 5.91 Å². The van der Waals surface area contributed by atoms with Gasteiger partial charge in [-0.15, -0.1) is 0 Å². The fourth-order valence-electron chi connectivity index (χ4n) is 2.97. The van der Waals surface area contributed by atoms with Gasteiger partial charge in [-0.05, 0) is 41.5 Å². The fourth-order valence-corrected chi connectivity index (χ4v) is 3.43. The summed E-state index contributed by atoms with van der Waals surface area (Å²) in [6.07, 6.45) is 1.72. The van der Waals surface area contributed by atoms with E-state index >= 15 is 0 Å². The Kier molecular flexibility index (Phi) is 5.65. The molecule has 0 aliphatic rings. The number of aromatic amines is 1. The Labute approximate surface area is 178 Å².